The summed E-state index contributed by atoms with van der Waals surface area (Å²) in [6, 6.07) is 7.14. The Kier molecular flexibility index (Phi) is 3.57. The van der Waals surface area contributed by atoms with Crippen LogP contribution in [-0.2, 0) is 11.2 Å². The van der Waals surface area contributed by atoms with Crippen molar-refractivity contribution in [3.8, 4) is 17.2 Å². The van der Waals surface area contributed by atoms with Crippen LogP contribution in [0.5, 0.6) is 5.75 Å². The van der Waals surface area contributed by atoms with Crippen molar-refractivity contribution in [1.82, 2.24) is 10.2 Å². The first-order valence-electron chi connectivity index (χ1n) is 5.46. The molecule has 0 fully saturated rings. The largest absolute Gasteiger partial charge is 0.494 e. The van der Waals surface area contributed by atoms with E-state index in [1.165, 1.54) is 0 Å². The summed E-state index contributed by atoms with van der Waals surface area (Å²) >= 11 is 0. The molecule has 6 nitrogen and oxygen atoms in total. The number of hydrogen-bond acceptors (Lipinski definition) is 5. The Bertz CT molecular complexity index is 533. The lowest BCUT2D eigenvalue weighted by molar-refractivity contribution is -0.136. The topological polar surface area (TPSA) is 85.5 Å². The van der Waals surface area contributed by atoms with Gasteiger partial charge in [-0.3, -0.25) is 4.79 Å². The minimum absolute atomic E-state index is 0.0892. The Morgan fingerprint density at radius 2 is 2.06 bits per heavy atom. The SMILES string of the molecule is CCOc1ccc(-c2nnc(CC(=O)O)o2)cc1. The van der Waals surface area contributed by atoms with Crippen LogP contribution in [0.3, 0.4) is 0 Å². The van der Waals surface area contributed by atoms with Gasteiger partial charge in [0.15, 0.2) is 0 Å². The van der Waals surface area contributed by atoms with E-state index in [0.717, 1.165) is 11.3 Å². The van der Waals surface area contributed by atoms with Crippen molar-refractivity contribution in [3.63, 3.8) is 0 Å². The lowest BCUT2D eigenvalue weighted by Gasteiger charge is -2.02. The molecule has 0 saturated carbocycles. The van der Waals surface area contributed by atoms with E-state index in [2.05, 4.69) is 10.2 Å². The van der Waals surface area contributed by atoms with Crippen LogP contribution in [0.4, 0.5) is 0 Å². The highest BCUT2D eigenvalue weighted by Gasteiger charge is 2.11. The molecule has 0 aliphatic rings. The van der Waals surface area contributed by atoms with Crippen LogP contribution in [0.15, 0.2) is 28.7 Å². The van der Waals surface area contributed by atoms with Gasteiger partial charge < -0.3 is 14.3 Å². The Labute approximate surface area is 103 Å². The van der Waals surface area contributed by atoms with E-state index < -0.39 is 5.97 Å². The Morgan fingerprint density at radius 1 is 1.33 bits per heavy atom. The van der Waals surface area contributed by atoms with Gasteiger partial charge in [0.25, 0.3) is 0 Å². The molecule has 0 saturated heterocycles. The second-order valence-corrected chi connectivity index (χ2v) is 3.53. The maximum Gasteiger partial charge on any atom is 0.312 e. The quantitative estimate of drug-likeness (QED) is 0.867. The highest BCUT2D eigenvalue weighted by atomic mass is 16.5. The molecule has 1 N–H and O–H groups in total. The van der Waals surface area contributed by atoms with Gasteiger partial charge in [-0.25, -0.2) is 0 Å². The minimum Gasteiger partial charge on any atom is -0.494 e. The molecule has 0 radical (unpaired) electrons. The van der Waals surface area contributed by atoms with Gasteiger partial charge in [0, 0.05) is 5.56 Å². The summed E-state index contributed by atoms with van der Waals surface area (Å²) in [5, 5.41) is 16.1. The maximum atomic E-state index is 10.5. The second-order valence-electron chi connectivity index (χ2n) is 3.53. The summed E-state index contributed by atoms with van der Waals surface area (Å²) in [6.45, 7) is 2.51. The summed E-state index contributed by atoms with van der Waals surface area (Å²) in [7, 11) is 0. The second kappa shape index (κ2) is 5.31. The standard InChI is InChI=1S/C12H12N2O4/c1-2-17-9-5-3-8(4-6-9)12-14-13-10(18-12)7-11(15)16/h3-6H,2,7H2,1H3,(H,15,16). The zero-order valence-electron chi connectivity index (χ0n) is 9.79. The molecule has 0 spiro atoms. The van der Waals surface area contributed by atoms with Crippen LogP contribution in [-0.4, -0.2) is 27.9 Å². The third-order valence-electron chi connectivity index (χ3n) is 2.18. The van der Waals surface area contributed by atoms with Crippen molar-refractivity contribution < 1.29 is 19.1 Å². The van der Waals surface area contributed by atoms with Crippen molar-refractivity contribution in [1.29, 1.82) is 0 Å². The number of carbonyl (C=O) groups is 1. The molecule has 0 unspecified atom stereocenters. The lowest BCUT2D eigenvalue weighted by Crippen LogP contribution is -1.99. The normalized spacial score (nSPS) is 10.3. The number of carboxylic acid groups (broad SMARTS) is 1. The molecule has 1 heterocycles. The number of aliphatic carboxylic acids is 1. The van der Waals surface area contributed by atoms with E-state index in [4.69, 9.17) is 14.3 Å². The van der Waals surface area contributed by atoms with Crippen LogP contribution in [0.2, 0.25) is 0 Å². The molecule has 1 aromatic carbocycles. The summed E-state index contributed by atoms with van der Waals surface area (Å²) in [6.07, 6.45) is -0.274. The van der Waals surface area contributed by atoms with E-state index in [9.17, 15) is 4.79 Å². The molecule has 0 aliphatic carbocycles. The number of ether oxygens (including phenoxy) is 1. The van der Waals surface area contributed by atoms with Crippen LogP contribution in [0, 0.1) is 0 Å². The average molecular weight is 248 g/mol. The predicted octanol–water partition coefficient (Wildman–Crippen LogP) is 1.76. The smallest absolute Gasteiger partial charge is 0.312 e. The Balaban J connectivity index is 2.15. The number of nitrogens with zero attached hydrogens (tertiary/aromatic N) is 2. The zero-order valence-corrected chi connectivity index (χ0v) is 9.79. The van der Waals surface area contributed by atoms with Crippen molar-refractivity contribution in [2.45, 2.75) is 13.3 Å². The van der Waals surface area contributed by atoms with Gasteiger partial charge in [0.1, 0.15) is 12.2 Å². The van der Waals surface area contributed by atoms with E-state index in [0.29, 0.717) is 12.5 Å². The summed E-state index contributed by atoms with van der Waals surface area (Å²) < 4.78 is 10.5. The fourth-order valence-corrected chi connectivity index (χ4v) is 1.43. The van der Waals surface area contributed by atoms with E-state index in [1.807, 2.05) is 6.92 Å². The number of carboxylic acids is 1. The Hall–Kier alpha value is -2.37. The van der Waals surface area contributed by atoms with Crippen LogP contribution >= 0.6 is 0 Å². The van der Waals surface area contributed by atoms with E-state index in [-0.39, 0.29) is 12.3 Å². The molecule has 2 rings (SSSR count). The number of benzene rings is 1. The minimum atomic E-state index is -1.00. The zero-order chi connectivity index (χ0) is 13.0. The first-order valence-corrected chi connectivity index (χ1v) is 5.46. The molecule has 0 atom stereocenters. The molecule has 6 heteroatoms. The molecule has 2 aromatic rings. The van der Waals surface area contributed by atoms with Gasteiger partial charge >= 0.3 is 5.97 Å². The molecular weight excluding hydrogens is 236 g/mol. The van der Waals surface area contributed by atoms with Crippen molar-refractivity contribution in [3.05, 3.63) is 30.2 Å². The molecule has 0 aliphatic heterocycles. The summed E-state index contributed by atoms with van der Waals surface area (Å²) in [4.78, 5) is 10.5. The predicted molar refractivity (Wildman–Crippen MR) is 62.2 cm³/mol. The van der Waals surface area contributed by atoms with Crippen LogP contribution < -0.4 is 4.74 Å². The van der Waals surface area contributed by atoms with Gasteiger partial charge in [-0.15, -0.1) is 10.2 Å². The lowest BCUT2D eigenvalue weighted by atomic mass is 10.2. The van der Waals surface area contributed by atoms with Crippen LogP contribution in [0.25, 0.3) is 11.5 Å². The third kappa shape index (κ3) is 2.85. The van der Waals surface area contributed by atoms with Gasteiger partial charge in [0.2, 0.25) is 11.8 Å². The highest BCUT2D eigenvalue weighted by Crippen LogP contribution is 2.21. The van der Waals surface area contributed by atoms with Crippen molar-refractivity contribution in [2.75, 3.05) is 6.61 Å². The summed E-state index contributed by atoms with van der Waals surface area (Å²) in [5.74, 6) is 0.143. The van der Waals surface area contributed by atoms with E-state index >= 15 is 0 Å². The van der Waals surface area contributed by atoms with E-state index in [1.54, 1.807) is 24.3 Å². The van der Waals surface area contributed by atoms with Gasteiger partial charge in [-0.2, -0.15) is 0 Å². The van der Waals surface area contributed by atoms with Gasteiger partial charge in [0.05, 0.1) is 6.61 Å². The molecule has 0 amide bonds. The Morgan fingerprint density at radius 3 is 2.67 bits per heavy atom. The van der Waals surface area contributed by atoms with Crippen molar-refractivity contribution >= 4 is 5.97 Å². The molecule has 18 heavy (non-hydrogen) atoms. The fourth-order valence-electron chi connectivity index (χ4n) is 1.43. The maximum absolute atomic E-state index is 10.5. The first kappa shape index (κ1) is 12.1. The van der Waals surface area contributed by atoms with Crippen LogP contribution in [0.1, 0.15) is 12.8 Å². The average Bonchev–Trinajstić information content (AvgIpc) is 2.78. The number of rotatable bonds is 5. The molecule has 1 aromatic heterocycles. The third-order valence-corrected chi connectivity index (χ3v) is 2.18. The highest BCUT2D eigenvalue weighted by molar-refractivity contribution is 5.68. The number of hydrogen-bond donors (Lipinski definition) is 1. The molecular formula is C12H12N2O4. The molecule has 0 bridgehead atoms. The first-order chi connectivity index (χ1) is 8.69. The van der Waals surface area contributed by atoms with Crippen molar-refractivity contribution in [2.24, 2.45) is 0 Å². The number of aromatic nitrogens is 2. The summed E-state index contributed by atoms with van der Waals surface area (Å²) in [5.41, 5.74) is 0.725. The van der Waals surface area contributed by atoms with Gasteiger partial charge in [-0.1, -0.05) is 0 Å². The monoisotopic (exact) mass is 248 g/mol. The fraction of sp³-hybridized carbons (Fsp3) is 0.250. The van der Waals surface area contributed by atoms with Gasteiger partial charge in [-0.05, 0) is 31.2 Å². The molecule has 94 valence electrons.